The van der Waals surface area contributed by atoms with E-state index < -0.39 is 0 Å². The highest BCUT2D eigenvalue weighted by atomic mass is 16.2. The largest absolute Gasteiger partial charge is 0.355 e. The Balaban J connectivity index is 1.96. The first-order valence-corrected chi connectivity index (χ1v) is 8.64. The first kappa shape index (κ1) is 17.7. The molecule has 0 aliphatic heterocycles. The van der Waals surface area contributed by atoms with Gasteiger partial charge in [-0.25, -0.2) is 0 Å². The van der Waals surface area contributed by atoms with Crippen molar-refractivity contribution in [3.05, 3.63) is 65.3 Å². The number of carbonyl (C=O) groups excluding carboxylic acids is 1. The number of hydrogen-bond donors (Lipinski definition) is 1. The lowest BCUT2D eigenvalue weighted by Crippen LogP contribution is -2.28. The van der Waals surface area contributed by atoms with Crippen molar-refractivity contribution >= 4 is 5.91 Å². The first-order chi connectivity index (χ1) is 12.6. The molecule has 0 aliphatic carbocycles. The highest BCUT2D eigenvalue weighted by Gasteiger charge is 2.12. The average Bonchev–Trinajstić information content (AvgIpc) is 3.11. The maximum atomic E-state index is 12.1. The monoisotopic (exact) mass is 350 g/mol. The number of hydrogen-bond acceptors (Lipinski definition) is 3. The second kappa shape index (κ2) is 7.82. The third-order valence-electron chi connectivity index (χ3n) is 4.14. The summed E-state index contributed by atoms with van der Waals surface area (Å²) in [5, 5.41) is 7.13. The Kier molecular flexibility index (Phi) is 5.31. The SMILES string of the molecule is CCCNC(=O)Cn1cc(-c2cn(C)c(=O)cc2-c2ccccc2)cn1. The van der Waals surface area contributed by atoms with Crippen LogP contribution in [0, 0.1) is 0 Å². The van der Waals surface area contributed by atoms with E-state index >= 15 is 0 Å². The van der Waals surface area contributed by atoms with Gasteiger partial charge >= 0.3 is 0 Å². The molecular formula is C20H22N4O2. The van der Waals surface area contributed by atoms with Gasteiger partial charge in [0, 0.05) is 43.2 Å². The number of carbonyl (C=O) groups is 1. The van der Waals surface area contributed by atoms with Gasteiger partial charge in [-0.15, -0.1) is 0 Å². The molecule has 0 unspecified atom stereocenters. The molecule has 26 heavy (non-hydrogen) atoms. The summed E-state index contributed by atoms with van der Waals surface area (Å²) in [6.07, 6.45) is 6.26. The number of aryl methyl sites for hydroxylation is 1. The van der Waals surface area contributed by atoms with E-state index in [1.807, 2.05) is 49.6 Å². The predicted octanol–water partition coefficient (Wildman–Crippen LogP) is 2.44. The van der Waals surface area contributed by atoms with Gasteiger partial charge in [0.1, 0.15) is 6.54 Å². The third kappa shape index (κ3) is 3.91. The number of amides is 1. The third-order valence-corrected chi connectivity index (χ3v) is 4.14. The van der Waals surface area contributed by atoms with Crippen LogP contribution < -0.4 is 10.9 Å². The quantitative estimate of drug-likeness (QED) is 0.742. The van der Waals surface area contributed by atoms with Gasteiger partial charge in [0.2, 0.25) is 5.91 Å². The van der Waals surface area contributed by atoms with Crippen LogP contribution in [0.4, 0.5) is 0 Å². The van der Waals surface area contributed by atoms with Crippen LogP contribution in [0.15, 0.2) is 59.8 Å². The van der Waals surface area contributed by atoms with Crippen LogP contribution in [-0.2, 0) is 18.4 Å². The summed E-state index contributed by atoms with van der Waals surface area (Å²) < 4.78 is 3.16. The number of aromatic nitrogens is 3. The number of nitrogens with zero attached hydrogens (tertiary/aromatic N) is 3. The topological polar surface area (TPSA) is 68.9 Å². The zero-order valence-electron chi connectivity index (χ0n) is 15.0. The predicted molar refractivity (Wildman–Crippen MR) is 102 cm³/mol. The van der Waals surface area contributed by atoms with Crippen LogP contribution in [0.3, 0.4) is 0 Å². The molecule has 0 bridgehead atoms. The molecule has 0 radical (unpaired) electrons. The fourth-order valence-electron chi connectivity index (χ4n) is 2.77. The van der Waals surface area contributed by atoms with E-state index in [9.17, 15) is 9.59 Å². The van der Waals surface area contributed by atoms with E-state index in [1.165, 1.54) is 0 Å². The van der Waals surface area contributed by atoms with Gasteiger partial charge in [0.25, 0.3) is 5.56 Å². The molecule has 134 valence electrons. The molecule has 6 heteroatoms. The van der Waals surface area contributed by atoms with Crippen LogP contribution in [-0.4, -0.2) is 26.8 Å². The van der Waals surface area contributed by atoms with Gasteiger partial charge in [-0.1, -0.05) is 37.3 Å². The van der Waals surface area contributed by atoms with Crippen molar-refractivity contribution in [1.82, 2.24) is 19.7 Å². The van der Waals surface area contributed by atoms with Gasteiger partial charge in [-0.2, -0.15) is 5.10 Å². The second-order valence-electron chi connectivity index (χ2n) is 6.19. The Morgan fingerprint density at radius 1 is 1.12 bits per heavy atom. The lowest BCUT2D eigenvalue weighted by atomic mass is 9.98. The number of pyridine rings is 1. The molecule has 2 heterocycles. The van der Waals surface area contributed by atoms with Crippen molar-refractivity contribution in [2.75, 3.05) is 6.54 Å². The maximum absolute atomic E-state index is 12.1. The van der Waals surface area contributed by atoms with E-state index in [0.717, 1.165) is 28.7 Å². The van der Waals surface area contributed by atoms with Crippen molar-refractivity contribution in [2.24, 2.45) is 7.05 Å². The molecule has 3 aromatic rings. The minimum absolute atomic E-state index is 0.0646. The fourth-order valence-corrected chi connectivity index (χ4v) is 2.77. The Labute approximate surface area is 152 Å². The summed E-state index contributed by atoms with van der Waals surface area (Å²) >= 11 is 0. The van der Waals surface area contributed by atoms with E-state index in [-0.39, 0.29) is 18.0 Å². The molecule has 1 aromatic carbocycles. The normalized spacial score (nSPS) is 10.7. The Bertz CT molecular complexity index is 957. The Morgan fingerprint density at radius 3 is 2.62 bits per heavy atom. The summed E-state index contributed by atoms with van der Waals surface area (Å²) in [5.74, 6) is -0.0646. The lowest BCUT2D eigenvalue weighted by Gasteiger charge is -2.10. The van der Waals surface area contributed by atoms with Gasteiger partial charge < -0.3 is 9.88 Å². The molecule has 0 spiro atoms. The minimum atomic E-state index is -0.0704. The lowest BCUT2D eigenvalue weighted by molar-refractivity contribution is -0.121. The van der Waals surface area contributed by atoms with Gasteiger partial charge in [-0.05, 0) is 17.5 Å². The van der Waals surface area contributed by atoms with Gasteiger partial charge in [0.05, 0.1) is 6.20 Å². The van der Waals surface area contributed by atoms with Gasteiger partial charge in [0.15, 0.2) is 0 Å². The summed E-state index contributed by atoms with van der Waals surface area (Å²) in [7, 11) is 1.73. The Morgan fingerprint density at radius 2 is 1.88 bits per heavy atom. The van der Waals surface area contributed by atoms with Crippen molar-refractivity contribution in [2.45, 2.75) is 19.9 Å². The zero-order chi connectivity index (χ0) is 18.5. The summed E-state index contributed by atoms with van der Waals surface area (Å²) in [6.45, 7) is 2.84. The van der Waals surface area contributed by atoms with E-state index in [2.05, 4.69) is 10.4 Å². The fraction of sp³-hybridized carbons (Fsp3) is 0.250. The maximum Gasteiger partial charge on any atom is 0.250 e. The molecule has 2 aromatic heterocycles. The van der Waals surface area contributed by atoms with E-state index in [1.54, 1.807) is 28.6 Å². The highest BCUT2D eigenvalue weighted by Crippen LogP contribution is 2.30. The van der Waals surface area contributed by atoms with Gasteiger partial charge in [-0.3, -0.25) is 14.3 Å². The van der Waals surface area contributed by atoms with Crippen LogP contribution in [0.1, 0.15) is 13.3 Å². The van der Waals surface area contributed by atoms with Crippen molar-refractivity contribution < 1.29 is 4.79 Å². The average molecular weight is 350 g/mol. The molecule has 0 atom stereocenters. The van der Waals surface area contributed by atoms with Crippen LogP contribution >= 0.6 is 0 Å². The second-order valence-corrected chi connectivity index (χ2v) is 6.19. The van der Waals surface area contributed by atoms with Crippen molar-refractivity contribution in [1.29, 1.82) is 0 Å². The number of rotatable bonds is 6. The summed E-state index contributed by atoms with van der Waals surface area (Å²) in [5.41, 5.74) is 3.51. The van der Waals surface area contributed by atoms with E-state index in [0.29, 0.717) is 6.54 Å². The molecule has 0 aliphatic rings. The van der Waals surface area contributed by atoms with Crippen molar-refractivity contribution in [3.63, 3.8) is 0 Å². The minimum Gasteiger partial charge on any atom is -0.355 e. The molecule has 1 N–H and O–H groups in total. The molecule has 0 saturated heterocycles. The number of benzene rings is 1. The van der Waals surface area contributed by atoms with Crippen LogP contribution in [0.2, 0.25) is 0 Å². The molecular weight excluding hydrogens is 328 g/mol. The first-order valence-electron chi connectivity index (χ1n) is 8.64. The smallest absolute Gasteiger partial charge is 0.250 e. The summed E-state index contributed by atoms with van der Waals surface area (Å²) in [4.78, 5) is 24.0. The summed E-state index contributed by atoms with van der Waals surface area (Å²) in [6, 6.07) is 11.4. The number of nitrogens with one attached hydrogen (secondary N) is 1. The molecule has 1 amide bonds. The van der Waals surface area contributed by atoms with E-state index in [4.69, 9.17) is 0 Å². The zero-order valence-corrected chi connectivity index (χ0v) is 15.0. The highest BCUT2D eigenvalue weighted by molar-refractivity contribution is 5.82. The van der Waals surface area contributed by atoms with Crippen molar-refractivity contribution in [3.8, 4) is 22.3 Å². The Hall–Kier alpha value is -3.15. The molecule has 0 saturated carbocycles. The molecule has 3 rings (SSSR count). The molecule has 6 nitrogen and oxygen atoms in total. The van der Waals surface area contributed by atoms with Crippen LogP contribution in [0.5, 0.6) is 0 Å². The standard InChI is InChI=1S/C20H22N4O2/c1-3-9-21-19(25)14-24-12-16(11-22-24)18-13-23(2)20(26)10-17(18)15-7-5-4-6-8-15/h4-8,10-13H,3,9,14H2,1-2H3,(H,21,25). The molecule has 0 fully saturated rings. The van der Waals surface area contributed by atoms with Crippen LogP contribution in [0.25, 0.3) is 22.3 Å².